The maximum absolute atomic E-state index is 4.93. The summed E-state index contributed by atoms with van der Waals surface area (Å²) in [6.07, 6.45) is 10.4. The first kappa shape index (κ1) is 50.0. The van der Waals surface area contributed by atoms with Crippen LogP contribution in [-0.4, -0.2) is 6.04 Å². The third kappa shape index (κ3) is 10.4. The van der Waals surface area contributed by atoms with E-state index in [4.69, 9.17) is 17.0 Å². The van der Waals surface area contributed by atoms with Gasteiger partial charge >= 0.3 is 37.9 Å². The van der Waals surface area contributed by atoms with E-state index < -0.39 is 20.8 Å². The molecule has 4 atom stereocenters. The molecule has 2 aliphatic heterocycles. The van der Waals surface area contributed by atoms with Gasteiger partial charge in [0.05, 0.1) is 28.4 Å². The van der Waals surface area contributed by atoms with E-state index in [-0.39, 0.29) is 14.9 Å². The van der Waals surface area contributed by atoms with E-state index in [0.29, 0.717) is 6.04 Å². The predicted octanol–water partition coefficient (Wildman–Crippen LogP) is 18.5. The molecule has 0 radical (unpaired) electrons. The summed E-state index contributed by atoms with van der Waals surface area (Å²) in [5, 5.41) is 0. The van der Waals surface area contributed by atoms with Crippen LogP contribution in [0.25, 0.3) is 6.08 Å². The van der Waals surface area contributed by atoms with E-state index in [1.807, 2.05) is 23.5 Å². The number of halogens is 2. The molecule has 0 aromatic heterocycles. The standard InChI is InChI=1S/C22H25NS.C22H17NS.C10H20.2CH3.2ClH.Zr/c2*1-15-13-16-7-6-10-18(17(16)14-15)23-19-8-2-4-11-21(19)24-22-12-5-3-9-20(22)23;1-6-7(2)9(4)10(5)8(6)3;;;;;/h2-5,8-9,11-12,15-18H,6-7,10,13-14H2,1H3;2-13H,14H2,1H3;6-10H,1-5H3;2*1H3;2*1H;/q;;;2*-1;;;+4/p-2. The number of nitrogens with zero attached hydrogens (tertiary/aromatic N) is 2. The average Bonchev–Trinajstić information content (AvgIpc) is 3.91. The Morgan fingerprint density at radius 2 is 0.968 bits per heavy atom. The monoisotopic (exact) mass is 992 g/mol. The Balaban J connectivity index is 0.000000161. The molecule has 0 N–H and O–H groups in total. The summed E-state index contributed by atoms with van der Waals surface area (Å²) < 4.78 is 0. The first-order valence-corrected chi connectivity index (χ1v) is 30.6. The third-order valence-corrected chi connectivity index (χ3v) is 17.5. The molecular formula is C56H68Cl2N2S2Zr. The molecule has 6 aliphatic rings. The van der Waals surface area contributed by atoms with Crippen molar-refractivity contribution in [3.8, 4) is 0 Å². The van der Waals surface area contributed by atoms with E-state index in [2.05, 4.69) is 180 Å². The molecule has 0 saturated heterocycles. The van der Waals surface area contributed by atoms with Crippen molar-refractivity contribution in [1.29, 1.82) is 0 Å². The van der Waals surface area contributed by atoms with E-state index in [1.165, 1.54) is 96.8 Å². The second kappa shape index (κ2) is 22.4. The van der Waals surface area contributed by atoms with Gasteiger partial charge in [0.15, 0.2) is 0 Å². The SMILES string of the molecule is CC1=Cc2cccc(N3c4ccccc4Sc4ccccc43)c2C1.CC1C(C)C(C)C(C)C1C.CC1CC2CCCC(N3c4ccccc4Sc4ccccc43)C2C1.[CH3-].[CH3-].[Cl][Zr+2][Cl]. The number of rotatable bonds is 2. The zero-order chi connectivity index (χ0) is 42.8. The van der Waals surface area contributed by atoms with Crippen molar-refractivity contribution in [2.24, 2.45) is 47.3 Å². The summed E-state index contributed by atoms with van der Waals surface area (Å²) in [4.78, 5) is 10.6. The van der Waals surface area contributed by atoms with Crippen molar-refractivity contribution in [2.45, 2.75) is 113 Å². The molecule has 5 aromatic rings. The Bertz CT molecular complexity index is 2190. The van der Waals surface area contributed by atoms with E-state index >= 15 is 0 Å². The van der Waals surface area contributed by atoms with E-state index in [1.54, 1.807) is 0 Å². The number of anilines is 5. The Morgan fingerprint density at radius 1 is 0.540 bits per heavy atom. The van der Waals surface area contributed by atoms with Crippen LogP contribution >= 0.6 is 40.5 Å². The van der Waals surface area contributed by atoms with Crippen molar-refractivity contribution in [3.05, 3.63) is 147 Å². The van der Waals surface area contributed by atoms with Gasteiger partial charge in [-0.3, -0.25) is 0 Å². The van der Waals surface area contributed by atoms with Gasteiger partial charge in [-0.05, 0) is 146 Å². The van der Waals surface area contributed by atoms with Crippen LogP contribution < -0.4 is 9.80 Å². The molecule has 0 amide bonds. The molecule has 3 saturated carbocycles. The summed E-state index contributed by atoms with van der Waals surface area (Å²) >= 11 is 2.97. The van der Waals surface area contributed by atoms with Crippen LogP contribution in [0.2, 0.25) is 0 Å². The molecule has 2 nitrogen and oxygen atoms in total. The number of benzene rings is 5. The molecule has 63 heavy (non-hydrogen) atoms. The van der Waals surface area contributed by atoms with E-state index in [9.17, 15) is 0 Å². The fourth-order valence-corrected chi connectivity index (χ4v) is 13.7. The van der Waals surface area contributed by atoms with Crippen molar-refractivity contribution in [2.75, 3.05) is 9.80 Å². The molecular weight excluding hydrogens is 927 g/mol. The first-order valence-electron chi connectivity index (χ1n) is 22.7. The molecule has 3 fully saturated rings. The summed E-state index contributed by atoms with van der Waals surface area (Å²) in [6.45, 7) is 16.7. The average molecular weight is 995 g/mol. The molecule has 2 heterocycles. The minimum atomic E-state index is -0.826. The molecule has 11 rings (SSSR count). The van der Waals surface area contributed by atoms with Crippen molar-refractivity contribution < 1.29 is 20.8 Å². The van der Waals surface area contributed by atoms with Gasteiger partial charge < -0.3 is 24.7 Å². The summed E-state index contributed by atoms with van der Waals surface area (Å²) in [5.41, 5.74) is 11.0. The van der Waals surface area contributed by atoms with Crippen LogP contribution in [0.5, 0.6) is 0 Å². The zero-order valence-electron chi connectivity index (χ0n) is 39.0. The van der Waals surface area contributed by atoms with Gasteiger partial charge in [0.25, 0.3) is 0 Å². The molecule has 4 aliphatic carbocycles. The van der Waals surface area contributed by atoms with Crippen molar-refractivity contribution in [1.82, 2.24) is 0 Å². The Morgan fingerprint density at radius 3 is 1.46 bits per heavy atom. The topological polar surface area (TPSA) is 6.48 Å². The van der Waals surface area contributed by atoms with Crippen molar-refractivity contribution >= 4 is 75.1 Å². The molecule has 7 heteroatoms. The first-order chi connectivity index (χ1) is 29.6. The fraction of sp³-hybridized carbons (Fsp3) is 0.393. The predicted molar refractivity (Wildman–Crippen MR) is 275 cm³/mol. The second-order valence-electron chi connectivity index (χ2n) is 18.7. The molecule has 0 spiro atoms. The van der Waals surface area contributed by atoms with Crippen LogP contribution in [0.15, 0.2) is 140 Å². The summed E-state index contributed by atoms with van der Waals surface area (Å²) in [7, 11) is 9.87. The Hall–Kier alpha value is -2.40. The van der Waals surface area contributed by atoms with Gasteiger partial charge in [0.2, 0.25) is 0 Å². The quantitative estimate of drug-likeness (QED) is 0.159. The van der Waals surface area contributed by atoms with Gasteiger partial charge in [-0.2, -0.15) is 0 Å². The Kier molecular flexibility index (Phi) is 17.8. The molecule has 4 unspecified atom stereocenters. The molecule has 332 valence electrons. The minimum absolute atomic E-state index is 0. The summed E-state index contributed by atoms with van der Waals surface area (Å²) in [6, 6.07) is 42.8. The van der Waals surface area contributed by atoms with Gasteiger partial charge in [0.1, 0.15) is 0 Å². The molecule has 5 aromatic carbocycles. The number of allylic oxidation sites excluding steroid dienone is 1. The zero-order valence-corrected chi connectivity index (χ0v) is 44.6. The third-order valence-electron chi connectivity index (χ3n) is 15.2. The van der Waals surface area contributed by atoms with Crippen LogP contribution in [0, 0.1) is 62.2 Å². The fourth-order valence-electron chi connectivity index (χ4n) is 11.5. The number of para-hydroxylation sites is 4. The second-order valence-corrected chi connectivity index (χ2v) is 24.6. The van der Waals surface area contributed by atoms with Crippen LogP contribution in [-0.2, 0) is 27.3 Å². The van der Waals surface area contributed by atoms with Crippen LogP contribution in [0.1, 0.15) is 91.7 Å². The normalized spacial score (nSPS) is 26.5. The number of hydrogen-bond acceptors (Lipinski definition) is 4. The van der Waals surface area contributed by atoms with Crippen LogP contribution in [0.4, 0.5) is 28.4 Å². The van der Waals surface area contributed by atoms with Gasteiger partial charge in [-0.15, -0.1) is 0 Å². The van der Waals surface area contributed by atoms with Crippen LogP contribution in [0.3, 0.4) is 0 Å². The summed E-state index contributed by atoms with van der Waals surface area (Å²) in [5.74, 6) is 7.41. The molecule has 0 bridgehead atoms. The maximum atomic E-state index is 4.93. The van der Waals surface area contributed by atoms with Gasteiger partial charge in [0, 0.05) is 25.6 Å². The Labute approximate surface area is 409 Å². The van der Waals surface area contributed by atoms with Crippen molar-refractivity contribution in [3.63, 3.8) is 0 Å². The number of fused-ring (bicyclic) bond motifs is 6. The van der Waals surface area contributed by atoms with Gasteiger partial charge in [-0.1, -0.05) is 150 Å². The number of hydrogen-bond donors (Lipinski definition) is 0. The van der Waals surface area contributed by atoms with Gasteiger partial charge in [-0.25, -0.2) is 0 Å². The van der Waals surface area contributed by atoms with E-state index in [0.717, 1.165) is 53.8 Å².